The first-order valence-electron chi connectivity index (χ1n) is 6.10. The molecule has 0 aliphatic heterocycles. The van der Waals surface area contributed by atoms with E-state index in [2.05, 4.69) is 5.32 Å². The van der Waals surface area contributed by atoms with Crippen molar-refractivity contribution in [2.24, 2.45) is 0 Å². The quantitative estimate of drug-likeness (QED) is 0.848. The zero-order valence-electron chi connectivity index (χ0n) is 11.5. The lowest BCUT2D eigenvalue weighted by atomic mass is 10.1. The molecule has 1 atom stereocenters. The van der Waals surface area contributed by atoms with E-state index in [1.807, 2.05) is 20.8 Å². The zero-order valence-corrected chi connectivity index (χ0v) is 11.5. The van der Waals surface area contributed by atoms with Crippen molar-refractivity contribution in [2.45, 2.75) is 39.3 Å². The molecule has 0 heterocycles. The maximum atomic E-state index is 13.0. The minimum atomic E-state index is -0.588. The maximum Gasteiger partial charge on any atom is 0.126 e. The van der Waals surface area contributed by atoms with Crippen molar-refractivity contribution < 1.29 is 14.2 Å². The van der Waals surface area contributed by atoms with Gasteiger partial charge in [-0.25, -0.2) is 4.39 Å². The summed E-state index contributed by atoms with van der Waals surface area (Å²) < 4.78 is 18.4. The second kappa shape index (κ2) is 6.16. The number of rotatable bonds is 5. The molecule has 0 fully saturated rings. The fraction of sp³-hybridized carbons (Fsp3) is 0.571. The van der Waals surface area contributed by atoms with Gasteiger partial charge in [0.2, 0.25) is 0 Å². The molecule has 0 spiro atoms. The number of aliphatic hydroxyl groups is 1. The first-order chi connectivity index (χ1) is 8.28. The van der Waals surface area contributed by atoms with Crippen molar-refractivity contribution in [1.82, 2.24) is 5.32 Å². The molecule has 4 heteroatoms. The van der Waals surface area contributed by atoms with Crippen LogP contribution in [0.15, 0.2) is 18.2 Å². The highest BCUT2D eigenvalue weighted by atomic mass is 19.1. The van der Waals surface area contributed by atoms with Crippen molar-refractivity contribution in [2.75, 3.05) is 13.2 Å². The predicted molar refractivity (Wildman–Crippen MR) is 70.4 cm³/mol. The SMILES string of the molecule is Cc1cc(OCC(O)CNC(C)(C)C)ccc1F. The van der Waals surface area contributed by atoms with Crippen LogP contribution in [0.4, 0.5) is 4.39 Å². The molecule has 3 nitrogen and oxygen atoms in total. The Labute approximate surface area is 108 Å². The summed E-state index contributed by atoms with van der Waals surface area (Å²) in [4.78, 5) is 0. The van der Waals surface area contributed by atoms with E-state index < -0.39 is 6.10 Å². The minimum Gasteiger partial charge on any atom is -0.491 e. The molecule has 0 saturated carbocycles. The lowest BCUT2D eigenvalue weighted by Crippen LogP contribution is -2.42. The highest BCUT2D eigenvalue weighted by molar-refractivity contribution is 5.28. The monoisotopic (exact) mass is 255 g/mol. The normalized spacial score (nSPS) is 13.4. The Bertz CT molecular complexity index is 388. The van der Waals surface area contributed by atoms with Crippen molar-refractivity contribution in [3.05, 3.63) is 29.6 Å². The Balaban J connectivity index is 2.38. The fourth-order valence-electron chi connectivity index (χ4n) is 1.38. The van der Waals surface area contributed by atoms with Gasteiger partial charge >= 0.3 is 0 Å². The van der Waals surface area contributed by atoms with E-state index >= 15 is 0 Å². The predicted octanol–water partition coefficient (Wildman–Crippen LogP) is 2.26. The third-order valence-corrected chi connectivity index (χ3v) is 2.44. The van der Waals surface area contributed by atoms with Crippen LogP contribution in [0.3, 0.4) is 0 Å². The third kappa shape index (κ3) is 5.47. The van der Waals surface area contributed by atoms with Gasteiger partial charge in [-0.3, -0.25) is 0 Å². The fourth-order valence-corrected chi connectivity index (χ4v) is 1.38. The van der Waals surface area contributed by atoms with E-state index in [0.717, 1.165) is 0 Å². The van der Waals surface area contributed by atoms with Crippen LogP contribution in [0.2, 0.25) is 0 Å². The van der Waals surface area contributed by atoms with Gasteiger partial charge in [-0.1, -0.05) is 0 Å². The molecule has 1 aromatic carbocycles. The maximum absolute atomic E-state index is 13.0. The van der Waals surface area contributed by atoms with Crippen molar-refractivity contribution in [3.8, 4) is 5.75 Å². The molecule has 0 bridgehead atoms. The summed E-state index contributed by atoms with van der Waals surface area (Å²) in [6.07, 6.45) is -0.588. The number of halogens is 1. The van der Waals surface area contributed by atoms with Gasteiger partial charge in [0.15, 0.2) is 0 Å². The second-order valence-corrected chi connectivity index (χ2v) is 5.51. The third-order valence-electron chi connectivity index (χ3n) is 2.44. The molecule has 0 amide bonds. The van der Waals surface area contributed by atoms with E-state index in [-0.39, 0.29) is 18.0 Å². The van der Waals surface area contributed by atoms with Gasteiger partial charge in [0, 0.05) is 12.1 Å². The molecule has 0 saturated heterocycles. The molecular weight excluding hydrogens is 233 g/mol. The molecule has 0 aliphatic carbocycles. The molecule has 2 N–H and O–H groups in total. The van der Waals surface area contributed by atoms with Gasteiger partial charge in [0.25, 0.3) is 0 Å². The summed E-state index contributed by atoms with van der Waals surface area (Å²) in [7, 11) is 0. The van der Waals surface area contributed by atoms with Gasteiger partial charge in [0.1, 0.15) is 24.3 Å². The molecule has 18 heavy (non-hydrogen) atoms. The van der Waals surface area contributed by atoms with E-state index in [1.54, 1.807) is 19.1 Å². The van der Waals surface area contributed by atoms with Crippen LogP contribution >= 0.6 is 0 Å². The summed E-state index contributed by atoms with van der Waals surface area (Å²) in [5.41, 5.74) is 0.503. The summed E-state index contributed by atoms with van der Waals surface area (Å²) in [6, 6.07) is 4.55. The minimum absolute atomic E-state index is 0.0343. The first kappa shape index (κ1) is 14.9. The largest absolute Gasteiger partial charge is 0.491 e. The lowest BCUT2D eigenvalue weighted by Gasteiger charge is -2.23. The topological polar surface area (TPSA) is 41.5 Å². The van der Waals surface area contributed by atoms with Gasteiger partial charge in [0.05, 0.1) is 0 Å². The van der Waals surface area contributed by atoms with Crippen LogP contribution in [-0.2, 0) is 0 Å². The van der Waals surface area contributed by atoms with Crippen molar-refractivity contribution >= 4 is 0 Å². The number of hydrogen-bond donors (Lipinski definition) is 2. The summed E-state index contributed by atoms with van der Waals surface area (Å²) >= 11 is 0. The van der Waals surface area contributed by atoms with Gasteiger partial charge in [-0.2, -0.15) is 0 Å². The van der Waals surface area contributed by atoms with Crippen molar-refractivity contribution in [1.29, 1.82) is 0 Å². The first-order valence-corrected chi connectivity index (χ1v) is 6.10. The van der Waals surface area contributed by atoms with Gasteiger partial charge in [-0.05, 0) is 51.5 Å². The summed E-state index contributed by atoms with van der Waals surface area (Å²) in [5.74, 6) is 0.320. The molecular formula is C14H22FNO2. The van der Waals surface area contributed by atoms with Gasteiger partial charge < -0.3 is 15.2 Å². The van der Waals surface area contributed by atoms with E-state index in [4.69, 9.17) is 4.74 Å². The van der Waals surface area contributed by atoms with Crippen molar-refractivity contribution in [3.63, 3.8) is 0 Å². The number of hydrogen-bond acceptors (Lipinski definition) is 3. The number of β-amino-alcohol motifs (C(OH)–C–C–N with tert-alkyl or cyclic N) is 1. The Kier molecular flexibility index (Phi) is 5.11. The van der Waals surface area contributed by atoms with Crippen LogP contribution in [0, 0.1) is 12.7 Å². The van der Waals surface area contributed by atoms with E-state index in [0.29, 0.717) is 17.9 Å². The Morgan fingerprint density at radius 3 is 2.61 bits per heavy atom. The number of benzene rings is 1. The average Bonchev–Trinajstić information content (AvgIpc) is 2.27. The Morgan fingerprint density at radius 2 is 2.06 bits per heavy atom. The molecule has 0 aromatic heterocycles. The molecule has 1 unspecified atom stereocenters. The van der Waals surface area contributed by atoms with Gasteiger partial charge in [-0.15, -0.1) is 0 Å². The number of aliphatic hydroxyl groups excluding tert-OH is 1. The zero-order chi connectivity index (χ0) is 13.8. The Morgan fingerprint density at radius 1 is 1.39 bits per heavy atom. The standard InChI is InChI=1S/C14H22FNO2/c1-10-7-12(5-6-13(10)15)18-9-11(17)8-16-14(2,3)4/h5-7,11,16-17H,8-9H2,1-4H3. The second-order valence-electron chi connectivity index (χ2n) is 5.51. The van der Waals surface area contributed by atoms with E-state index in [1.165, 1.54) is 6.07 Å². The van der Waals surface area contributed by atoms with Crippen LogP contribution in [-0.4, -0.2) is 29.9 Å². The number of ether oxygens (including phenoxy) is 1. The Hall–Kier alpha value is -1.13. The number of nitrogens with one attached hydrogen (secondary N) is 1. The summed E-state index contributed by atoms with van der Waals surface area (Å²) in [6.45, 7) is 8.43. The van der Waals surface area contributed by atoms with Crippen LogP contribution in [0.5, 0.6) is 5.75 Å². The highest BCUT2D eigenvalue weighted by Crippen LogP contribution is 2.16. The number of aryl methyl sites for hydroxylation is 1. The van der Waals surface area contributed by atoms with E-state index in [9.17, 15) is 9.50 Å². The molecule has 1 rings (SSSR count). The molecule has 102 valence electrons. The molecule has 0 aliphatic rings. The van der Waals surface area contributed by atoms with Crippen LogP contribution in [0.1, 0.15) is 26.3 Å². The summed E-state index contributed by atoms with van der Waals surface area (Å²) in [5, 5.41) is 12.9. The van der Waals surface area contributed by atoms with Crippen LogP contribution < -0.4 is 10.1 Å². The smallest absolute Gasteiger partial charge is 0.126 e. The lowest BCUT2D eigenvalue weighted by molar-refractivity contribution is 0.1000. The average molecular weight is 255 g/mol. The van der Waals surface area contributed by atoms with Crippen LogP contribution in [0.25, 0.3) is 0 Å². The molecule has 1 aromatic rings. The molecule has 0 radical (unpaired) electrons. The highest BCUT2D eigenvalue weighted by Gasteiger charge is 2.12.